The zero-order chi connectivity index (χ0) is 28.2. The van der Waals surface area contributed by atoms with Gasteiger partial charge < -0.3 is 20.1 Å². The average molecular weight is 582 g/mol. The summed E-state index contributed by atoms with van der Waals surface area (Å²) in [5.41, 5.74) is 2.80. The molecule has 2 heterocycles. The van der Waals surface area contributed by atoms with Crippen LogP contribution in [0.25, 0.3) is 21.2 Å². The van der Waals surface area contributed by atoms with Crippen LogP contribution in [0, 0.1) is 11.7 Å². The largest absolute Gasteiger partial charge is 0.496 e. The van der Waals surface area contributed by atoms with Crippen molar-refractivity contribution >= 4 is 45.0 Å². The number of aromatic nitrogens is 1. The molecule has 0 aliphatic heterocycles. The predicted molar refractivity (Wildman–Crippen MR) is 155 cm³/mol. The molecule has 0 saturated heterocycles. The van der Waals surface area contributed by atoms with Crippen LogP contribution in [0.15, 0.2) is 60.9 Å². The van der Waals surface area contributed by atoms with Crippen molar-refractivity contribution in [3.63, 3.8) is 0 Å². The Labute approximate surface area is 240 Å². The van der Waals surface area contributed by atoms with Gasteiger partial charge in [-0.15, -0.1) is 11.3 Å². The van der Waals surface area contributed by atoms with E-state index in [1.165, 1.54) is 17.4 Å². The van der Waals surface area contributed by atoms with Crippen LogP contribution in [-0.4, -0.2) is 46.7 Å². The molecule has 208 valence electrons. The first-order chi connectivity index (χ1) is 19.4. The van der Waals surface area contributed by atoms with Crippen molar-refractivity contribution in [2.24, 2.45) is 5.92 Å². The van der Waals surface area contributed by atoms with Crippen molar-refractivity contribution in [1.29, 1.82) is 0 Å². The fourth-order valence-electron chi connectivity index (χ4n) is 5.41. The maximum absolute atomic E-state index is 14.6. The minimum Gasteiger partial charge on any atom is -0.496 e. The van der Waals surface area contributed by atoms with Gasteiger partial charge in [-0.25, -0.2) is 9.18 Å². The quantitative estimate of drug-likeness (QED) is 0.229. The highest BCUT2D eigenvalue weighted by Gasteiger charge is 2.33. The number of nitrogens with one attached hydrogen (secondary N) is 1. The number of hydrogen-bond donors (Lipinski definition) is 2. The number of nitrogens with zero attached hydrogens (tertiary/aromatic N) is 2. The van der Waals surface area contributed by atoms with E-state index < -0.39 is 11.9 Å². The number of methoxy groups -OCH3 is 1. The van der Waals surface area contributed by atoms with Gasteiger partial charge in [0, 0.05) is 47.2 Å². The molecular formula is C30H29ClFN3O4S. The van der Waals surface area contributed by atoms with Crippen molar-refractivity contribution < 1.29 is 23.8 Å². The van der Waals surface area contributed by atoms with Crippen LogP contribution < -0.4 is 10.1 Å². The van der Waals surface area contributed by atoms with Gasteiger partial charge in [0.25, 0.3) is 5.91 Å². The summed E-state index contributed by atoms with van der Waals surface area (Å²) in [4.78, 5) is 31.4. The third-order valence-corrected chi connectivity index (χ3v) is 9.13. The molecule has 2 amide bonds. The molecule has 1 fully saturated rings. The molecule has 1 saturated carbocycles. The molecule has 2 aromatic heterocycles. The number of halogens is 2. The second kappa shape index (κ2) is 12.2. The van der Waals surface area contributed by atoms with E-state index in [1.54, 1.807) is 31.6 Å². The standard InChI is InChI=1S/C30H29ClFN3O4S/c1-39-24-10-7-20(19-11-13-33-14-12-19)15-21(24)17-35(22-8-5-18(6-9-22)16-34-30(37)38)29(36)28-27(31)26-23(32)3-2-4-25(26)40-28/h2-4,7,10-15,18,22,34H,5-6,8-9,16-17H2,1H3,(H,37,38). The van der Waals surface area contributed by atoms with E-state index >= 15 is 0 Å². The molecule has 10 heteroatoms. The van der Waals surface area contributed by atoms with Gasteiger partial charge in [0.1, 0.15) is 16.4 Å². The van der Waals surface area contributed by atoms with Gasteiger partial charge in [0.2, 0.25) is 0 Å². The number of amides is 2. The number of carbonyl (C=O) groups is 2. The van der Waals surface area contributed by atoms with Gasteiger partial charge in [0.15, 0.2) is 0 Å². The van der Waals surface area contributed by atoms with Crippen molar-refractivity contribution in [2.45, 2.75) is 38.3 Å². The fraction of sp³-hybridized carbons (Fsp3) is 0.300. The van der Waals surface area contributed by atoms with E-state index in [1.807, 2.05) is 35.2 Å². The summed E-state index contributed by atoms with van der Waals surface area (Å²) in [6.07, 6.45) is 5.40. The van der Waals surface area contributed by atoms with Crippen LogP contribution in [0.4, 0.5) is 9.18 Å². The molecule has 5 rings (SSSR count). The van der Waals surface area contributed by atoms with Crippen LogP contribution in [0.3, 0.4) is 0 Å². The van der Waals surface area contributed by atoms with Crippen molar-refractivity contribution in [1.82, 2.24) is 15.2 Å². The Bertz CT molecular complexity index is 1520. The molecule has 4 aromatic rings. The van der Waals surface area contributed by atoms with E-state index in [-0.39, 0.29) is 34.8 Å². The summed E-state index contributed by atoms with van der Waals surface area (Å²) in [5, 5.41) is 11.9. The molecular weight excluding hydrogens is 553 g/mol. The Morgan fingerprint density at radius 3 is 2.55 bits per heavy atom. The van der Waals surface area contributed by atoms with E-state index in [0.29, 0.717) is 34.7 Å². The lowest BCUT2D eigenvalue weighted by Gasteiger charge is -2.37. The SMILES string of the molecule is COc1ccc(-c2ccncc2)cc1CN(C(=O)c1sc2cccc(F)c2c1Cl)C1CCC(CNC(=O)O)CC1. The topological polar surface area (TPSA) is 91.8 Å². The molecule has 2 N–H and O–H groups in total. The fourth-order valence-corrected chi connectivity index (χ4v) is 6.92. The number of carboxylic acid groups (broad SMARTS) is 1. The van der Waals surface area contributed by atoms with Crippen LogP contribution in [0.2, 0.25) is 5.02 Å². The smallest absolute Gasteiger partial charge is 0.404 e. The van der Waals surface area contributed by atoms with Gasteiger partial charge in [-0.1, -0.05) is 23.7 Å². The number of ether oxygens (including phenoxy) is 1. The highest BCUT2D eigenvalue weighted by Crippen LogP contribution is 2.40. The van der Waals surface area contributed by atoms with Gasteiger partial charge in [0.05, 0.1) is 12.1 Å². The molecule has 0 bridgehead atoms. The minimum atomic E-state index is -1.04. The van der Waals surface area contributed by atoms with Crippen molar-refractivity contribution in [3.05, 3.63) is 82.2 Å². The Morgan fingerprint density at radius 2 is 1.88 bits per heavy atom. The zero-order valence-electron chi connectivity index (χ0n) is 21.9. The summed E-state index contributed by atoms with van der Waals surface area (Å²) in [6, 6.07) is 14.3. The molecule has 0 atom stereocenters. The number of hydrogen-bond acceptors (Lipinski definition) is 5. The zero-order valence-corrected chi connectivity index (χ0v) is 23.5. The number of benzene rings is 2. The highest BCUT2D eigenvalue weighted by atomic mass is 35.5. The first kappa shape index (κ1) is 27.9. The van der Waals surface area contributed by atoms with E-state index in [4.69, 9.17) is 21.4 Å². The minimum absolute atomic E-state index is 0.103. The first-order valence-corrected chi connectivity index (χ1v) is 14.3. The third-order valence-electron chi connectivity index (χ3n) is 7.50. The average Bonchev–Trinajstić information content (AvgIpc) is 3.32. The summed E-state index contributed by atoms with van der Waals surface area (Å²) in [5.74, 6) is 0.149. The van der Waals surface area contributed by atoms with E-state index in [0.717, 1.165) is 29.5 Å². The number of pyridine rings is 1. The number of carbonyl (C=O) groups excluding carboxylic acids is 1. The Kier molecular flexibility index (Phi) is 8.52. The van der Waals surface area contributed by atoms with Crippen LogP contribution >= 0.6 is 22.9 Å². The van der Waals surface area contributed by atoms with Crippen LogP contribution in [0.5, 0.6) is 5.75 Å². The number of thiophene rings is 1. The first-order valence-electron chi connectivity index (χ1n) is 13.1. The number of fused-ring (bicyclic) bond motifs is 1. The van der Waals surface area contributed by atoms with E-state index in [2.05, 4.69) is 10.3 Å². The van der Waals surface area contributed by atoms with Gasteiger partial charge in [-0.2, -0.15) is 0 Å². The Balaban J connectivity index is 1.49. The van der Waals surface area contributed by atoms with Gasteiger partial charge >= 0.3 is 6.09 Å². The predicted octanol–water partition coefficient (Wildman–Crippen LogP) is 7.23. The summed E-state index contributed by atoms with van der Waals surface area (Å²) >= 11 is 7.82. The maximum Gasteiger partial charge on any atom is 0.404 e. The van der Waals surface area contributed by atoms with Crippen molar-refractivity contribution in [2.75, 3.05) is 13.7 Å². The number of rotatable bonds is 8. The van der Waals surface area contributed by atoms with Gasteiger partial charge in [-0.05, 0) is 79.1 Å². The summed E-state index contributed by atoms with van der Waals surface area (Å²) in [6.45, 7) is 0.663. The lowest BCUT2D eigenvalue weighted by molar-refractivity contribution is 0.0592. The molecule has 1 aliphatic carbocycles. The Morgan fingerprint density at radius 1 is 1.12 bits per heavy atom. The van der Waals surface area contributed by atoms with Gasteiger partial charge in [-0.3, -0.25) is 9.78 Å². The lowest BCUT2D eigenvalue weighted by Crippen LogP contribution is -2.43. The lowest BCUT2D eigenvalue weighted by atomic mass is 9.85. The highest BCUT2D eigenvalue weighted by molar-refractivity contribution is 7.21. The molecule has 0 radical (unpaired) electrons. The molecule has 1 aliphatic rings. The molecule has 0 spiro atoms. The molecule has 0 unspecified atom stereocenters. The maximum atomic E-state index is 14.6. The summed E-state index contributed by atoms with van der Waals surface area (Å²) < 4.78 is 20.9. The Hall–Kier alpha value is -3.69. The van der Waals surface area contributed by atoms with Crippen molar-refractivity contribution in [3.8, 4) is 16.9 Å². The monoisotopic (exact) mass is 581 g/mol. The molecule has 7 nitrogen and oxygen atoms in total. The summed E-state index contributed by atoms with van der Waals surface area (Å²) in [7, 11) is 1.60. The normalized spacial score (nSPS) is 17.0. The second-order valence-corrected chi connectivity index (χ2v) is 11.3. The molecule has 40 heavy (non-hydrogen) atoms. The van der Waals surface area contributed by atoms with Crippen LogP contribution in [0.1, 0.15) is 40.9 Å². The van der Waals surface area contributed by atoms with E-state index in [9.17, 15) is 14.0 Å². The second-order valence-electron chi connectivity index (χ2n) is 9.91. The van der Waals surface area contributed by atoms with Crippen LogP contribution in [-0.2, 0) is 6.54 Å². The molecule has 2 aromatic carbocycles. The third kappa shape index (κ3) is 5.90.